The molecule has 0 aliphatic rings. The van der Waals surface area contributed by atoms with Crippen LogP contribution in [-0.4, -0.2) is 42.4 Å². The van der Waals surface area contributed by atoms with Crippen LogP contribution in [0, 0.1) is 0 Å². The minimum atomic E-state index is -5.95. The fraction of sp³-hybridized carbons (Fsp3) is 0.562. The summed E-state index contributed by atoms with van der Waals surface area (Å²) in [4.78, 5) is 11.5. The van der Waals surface area contributed by atoms with E-state index in [4.69, 9.17) is 0 Å². The van der Waals surface area contributed by atoms with Crippen molar-refractivity contribution >= 4 is 6.09 Å². The van der Waals surface area contributed by atoms with Crippen LogP contribution in [0.25, 0.3) is 0 Å². The molecule has 0 saturated carbocycles. The van der Waals surface area contributed by atoms with E-state index in [0.717, 1.165) is 5.32 Å². The lowest BCUT2D eigenvalue weighted by atomic mass is 10.1. The molecule has 0 heterocycles. The van der Waals surface area contributed by atoms with Crippen molar-refractivity contribution in [1.82, 2.24) is 10.6 Å². The average Bonchev–Trinajstić information content (AvgIpc) is 2.57. The van der Waals surface area contributed by atoms with Gasteiger partial charge in [-0.15, -0.1) is 0 Å². The summed E-state index contributed by atoms with van der Waals surface area (Å²) in [6.45, 7) is 0.239. The Morgan fingerprint density at radius 2 is 1.67 bits per heavy atom. The number of carbonyl (C=O) groups is 1. The minimum absolute atomic E-state index is 0.105. The van der Waals surface area contributed by atoms with Gasteiger partial charge in [0.2, 0.25) is 0 Å². The van der Waals surface area contributed by atoms with E-state index >= 15 is 0 Å². The molecule has 1 rings (SSSR count). The lowest BCUT2D eigenvalue weighted by Gasteiger charge is -2.38. The SMILES string of the molecule is CCCCOC(=O)NC(NC[C@@H](O)c1ccccc1)(C(F)(F)F)C(F)(F)F. The first-order valence-electron chi connectivity index (χ1n) is 8.01. The highest BCUT2D eigenvalue weighted by molar-refractivity contribution is 5.68. The van der Waals surface area contributed by atoms with Crippen LogP contribution in [0.5, 0.6) is 0 Å². The number of amides is 1. The number of ether oxygens (including phenoxy) is 1. The maximum Gasteiger partial charge on any atom is 0.434 e. The molecule has 1 atom stereocenters. The topological polar surface area (TPSA) is 70.6 Å². The molecule has 0 spiro atoms. The lowest BCUT2D eigenvalue weighted by Crippen LogP contribution is -2.75. The van der Waals surface area contributed by atoms with Gasteiger partial charge in [-0.25, -0.2) is 4.79 Å². The number of halogens is 6. The van der Waals surface area contributed by atoms with Crippen molar-refractivity contribution in [1.29, 1.82) is 0 Å². The third-order valence-corrected chi connectivity index (χ3v) is 3.62. The first-order valence-corrected chi connectivity index (χ1v) is 8.01. The molecule has 0 radical (unpaired) electrons. The molecule has 0 saturated heterocycles. The van der Waals surface area contributed by atoms with Crippen LogP contribution in [0.15, 0.2) is 30.3 Å². The van der Waals surface area contributed by atoms with E-state index in [1.807, 2.05) is 0 Å². The number of unbranched alkanes of at least 4 members (excludes halogenated alkanes) is 1. The minimum Gasteiger partial charge on any atom is -0.450 e. The molecule has 0 bridgehead atoms. The molecule has 0 aliphatic carbocycles. The largest absolute Gasteiger partial charge is 0.450 e. The number of alkyl halides is 6. The fourth-order valence-corrected chi connectivity index (χ4v) is 2.09. The van der Waals surface area contributed by atoms with E-state index in [1.165, 1.54) is 29.6 Å². The molecule has 3 N–H and O–H groups in total. The van der Waals surface area contributed by atoms with E-state index in [-0.39, 0.29) is 18.6 Å². The summed E-state index contributed by atoms with van der Waals surface area (Å²) in [5, 5.41) is 11.9. The summed E-state index contributed by atoms with van der Waals surface area (Å²) in [6, 6.07) is 7.15. The van der Waals surface area contributed by atoms with Crippen molar-refractivity contribution in [2.24, 2.45) is 0 Å². The first kappa shape index (κ1) is 23.0. The standard InChI is InChI=1S/C16H20F6N2O3/c1-2-3-9-27-13(26)24-14(15(17,18)19,16(20,21)22)23-10-12(25)11-7-5-4-6-8-11/h4-8,12,23,25H,2-3,9-10H2,1H3,(H,24,26)/t12-/m1/s1. The predicted octanol–water partition coefficient (Wildman–Crippen LogP) is 3.66. The molecule has 0 aliphatic heterocycles. The quantitative estimate of drug-likeness (QED) is 0.353. The van der Waals surface area contributed by atoms with E-state index in [1.54, 1.807) is 13.0 Å². The molecule has 27 heavy (non-hydrogen) atoms. The summed E-state index contributed by atoms with van der Waals surface area (Å²) in [5.74, 6) is 0. The number of hydrogen-bond acceptors (Lipinski definition) is 4. The van der Waals surface area contributed by atoms with Gasteiger partial charge in [0.1, 0.15) is 0 Å². The van der Waals surface area contributed by atoms with Crippen LogP contribution in [0.2, 0.25) is 0 Å². The van der Waals surface area contributed by atoms with Gasteiger partial charge in [0, 0.05) is 6.54 Å². The summed E-state index contributed by atoms with van der Waals surface area (Å²) in [7, 11) is 0. The maximum absolute atomic E-state index is 13.3. The maximum atomic E-state index is 13.3. The van der Waals surface area contributed by atoms with Gasteiger partial charge < -0.3 is 9.84 Å². The van der Waals surface area contributed by atoms with Gasteiger partial charge in [-0.05, 0) is 12.0 Å². The van der Waals surface area contributed by atoms with Crippen LogP contribution >= 0.6 is 0 Å². The van der Waals surface area contributed by atoms with Crippen molar-refractivity contribution in [3.63, 3.8) is 0 Å². The summed E-state index contributed by atoms with van der Waals surface area (Å²) in [5.41, 5.74) is -4.67. The zero-order valence-corrected chi connectivity index (χ0v) is 14.3. The van der Waals surface area contributed by atoms with Crippen molar-refractivity contribution in [3.05, 3.63) is 35.9 Å². The predicted molar refractivity (Wildman–Crippen MR) is 83.6 cm³/mol. The van der Waals surface area contributed by atoms with Gasteiger partial charge in [-0.1, -0.05) is 43.7 Å². The second kappa shape index (κ2) is 9.27. The Morgan fingerprint density at radius 1 is 1.11 bits per heavy atom. The van der Waals surface area contributed by atoms with Crippen molar-refractivity contribution < 1.29 is 41.0 Å². The molecule has 0 aromatic heterocycles. The number of nitrogens with one attached hydrogen (secondary N) is 2. The van der Waals surface area contributed by atoms with Gasteiger partial charge in [-0.2, -0.15) is 26.3 Å². The van der Waals surface area contributed by atoms with Gasteiger partial charge in [-0.3, -0.25) is 10.6 Å². The summed E-state index contributed by atoms with van der Waals surface area (Å²) >= 11 is 0. The smallest absolute Gasteiger partial charge is 0.434 e. The molecule has 11 heteroatoms. The number of aliphatic hydroxyl groups excluding tert-OH is 1. The normalized spacial score (nSPS) is 13.9. The van der Waals surface area contributed by atoms with Gasteiger partial charge in [0.15, 0.2) is 0 Å². The molecule has 0 unspecified atom stereocenters. The summed E-state index contributed by atoms with van der Waals surface area (Å²) in [6.07, 6.45) is -14.7. The van der Waals surface area contributed by atoms with Crippen LogP contribution in [0.1, 0.15) is 31.4 Å². The van der Waals surface area contributed by atoms with E-state index in [9.17, 15) is 36.2 Å². The van der Waals surface area contributed by atoms with Gasteiger partial charge in [0.05, 0.1) is 12.7 Å². The Labute approximate surface area is 151 Å². The van der Waals surface area contributed by atoms with Crippen molar-refractivity contribution in [3.8, 4) is 0 Å². The average molecular weight is 402 g/mol. The Bertz CT molecular complexity index is 578. The van der Waals surface area contributed by atoms with Crippen LogP contribution in [0.3, 0.4) is 0 Å². The Morgan fingerprint density at radius 3 is 2.15 bits per heavy atom. The van der Waals surface area contributed by atoms with Crippen molar-refractivity contribution in [2.45, 2.75) is 43.9 Å². The summed E-state index contributed by atoms with van der Waals surface area (Å²) < 4.78 is 84.4. The van der Waals surface area contributed by atoms with E-state index in [0.29, 0.717) is 6.42 Å². The zero-order valence-electron chi connectivity index (χ0n) is 14.3. The molecule has 1 aromatic carbocycles. The molecule has 154 valence electrons. The second-order valence-electron chi connectivity index (χ2n) is 5.67. The lowest BCUT2D eigenvalue weighted by molar-refractivity contribution is -0.315. The van der Waals surface area contributed by atoms with Gasteiger partial charge in [0.25, 0.3) is 5.66 Å². The highest BCUT2D eigenvalue weighted by Crippen LogP contribution is 2.41. The molecule has 0 fully saturated rings. The Hall–Kier alpha value is -2.01. The zero-order chi connectivity index (χ0) is 20.7. The molecule has 1 amide bonds. The number of benzene rings is 1. The fourth-order valence-electron chi connectivity index (χ4n) is 2.09. The van der Waals surface area contributed by atoms with Crippen LogP contribution < -0.4 is 10.6 Å². The third kappa shape index (κ3) is 5.99. The highest BCUT2D eigenvalue weighted by Gasteiger charge is 2.72. The van der Waals surface area contributed by atoms with E-state index < -0.39 is 36.8 Å². The van der Waals surface area contributed by atoms with Crippen LogP contribution in [0.4, 0.5) is 31.1 Å². The second-order valence-corrected chi connectivity index (χ2v) is 5.67. The number of hydrogen-bond donors (Lipinski definition) is 3. The number of rotatable bonds is 8. The van der Waals surface area contributed by atoms with Crippen LogP contribution in [-0.2, 0) is 4.74 Å². The van der Waals surface area contributed by atoms with Crippen molar-refractivity contribution in [2.75, 3.05) is 13.2 Å². The number of alkyl carbamates (subject to hydrolysis) is 1. The number of aliphatic hydroxyl groups is 1. The molecular weight excluding hydrogens is 382 g/mol. The number of carbonyl (C=O) groups excluding carboxylic acids is 1. The first-order chi connectivity index (χ1) is 12.4. The monoisotopic (exact) mass is 402 g/mol. The Balaban J connectivity index is 3.04. The molecule has 1 aromatic rings. The molecule has 5 nitrogen and oxygen atoms in total. The highest BCUT2D eigenvalue weighted by atomic mass is 19.4. The molecular formula is C16H20F6N2O3. The van der Waals surface area contributed by atoms with Gasteiger partial charge >= 0.3 is 18.4 Å². The Kier molecular flexibility index (Phi) is 7.90. The van der Waals surface area contributed by atoms with E-state index in [2.05, 4.69) is 4.74 Å². The third-order valence-electron chi connectivity index (χ3n) is 3.62.